The summed E-state index contributed by atoms with van der Waals surface area (Å²) in [4.78, 5) is 19.9. The van der Waals surface area contributed by atoms with Crippen LogP contribution < -0.4 is 10.6 Å². The number of anilines is 3. The van der Waals surface area contributed by atoms with Crippen LogP contribution in [0.5, 0.6) is 0 Å². The maximum atomic E-state index is 13.1. The smallest absolute Gasteiger partial charge is 0.354 e. The number of rotatable bonds is 4. The highest BCUT2D eigenvalue weighted by Gasteiger charge is 2.31. The molecular weight excluding hydrogens is 371 g/mol. The molecule has 140 valence electrons. The van der Waals surface area contributed by atoms with E-state index in [9.17, 15) is 18.0 Å². The average molecular weight is 383 g/mol. The molecule has 0 aliphatic heterocycles. The molecule has 28 heavy (non-hydrogen) atoms. The van der Waals surface area contributed by atoms with Crippen LogP contribution in [0.2, 0.25) is 0 Å². The van der Waals surface area contributed by atoms with Gasteiger partial charge in [0.1, 0.15) is 5.69 Å². The van der Waals surface area contributed by atoms with E-state index in [4.69, 9.17) is 5.26 Å². The van der Waals surface area contributed by atoms with Crippen molar-refractivity contribution in [2.75, 3.05) is 10.6 Å². The quantitative estimate of drug-likeness (QED) is 0.698. The molecule has 0 saturated carbocycles. The summed E-state index contributed by atoms with van der Waals surface area (Å²) in [5.41, 5.74) is 0.198. The van der Waals surface area contributed by atoms with Crippen LogP contribution in [0.3, 0.4) is 0 Å². The summed E-state index contributed by atoms with van der Waals surface area (Å²) < 4.78 is 39.3. The standard InChI is InChI=1S/C19H12F3N5O/c20-19(21,22)13-3-6-15(26-14-4-1-12(10-23)2-5-14)16(9-13)27-18(28)17-11-24-7-8-25-17/h1-9,11,26H,(H,27,28). The number of carbonyl (C=O) groups excluding carboxylic acids is 1. The molecule has 0 radical (unpaired) electrons. The van der Waals surface area contributed by atoms with Crippen LogP contribution >= 0.6 is 0 Å². The van der Waals surface area contributed by atoms with E-state index in [0.717, 1.165) is 12.1 Å². The zero-order valence-electron chi connectivity index (χ0n) is 14.2. The fourth-order valence-corrected chi connectivity index (χ4v) is 2.32. The van der Waals surface area contributed by atoms with Crippen molar-refractivity contribution in [1.82, 2.24) is 9.97 Å². The minimum absolute atomic E-state index is 0.0377. The normalized spacial score (nSPS) is 10.8. The Kier molecular flexibility index (Phi) is 5.22. The first-order valence-corrected chi connectivity index (χ1v) is 7.92. The van der Waals surface area contributed by atoms with E-state index in [1.165, 1.54) is 24.7 Å². The van der Waals surface area contributed by atoms with Crippen molar-refractivity contribution in [2.24, 2.45) is 0 Å². The van der Waals surface area contributed by atoms with Crippen LogP contribution in [0, 0.1) is 11.3 Å². The minimum Gasteiger partial charge on any atom is -0.354 e. The topological polar surface area (TPSA) is 90.7 Å². The molecule has 1 amide bonds. The van der Waals surface area contributed by atoms with E-state index < -0.39 is 17.6 Å². The van der Waals surface area contributed by atoms with Gasteiger partial charge in [-0.15, -0.1) is 0 Å². The molecule has 0 aliphatic rings. The number of hydrogen-bond donors (Lipinski definition) is 2. The van der Waals surface area contributed by atoms with Crippen molar-refractivity contribution in [3.8, 4) is 6.07 Å². The SMILES string of the molecule is N#Cc1ccc(Nc2ccc(C(F)(F)F)cc2NC(=O)c2cnccn2)cc1. The van der Waals surface area contributed by atoms with Crippen LogP contribution in [-0.2, 0) is 6.18 Å². The zero-order valence-corrected chi connectivity index (χ0v) is 14.2. The Bertz CT molecular complexity index is 1030. The Hall–Kier alpha value is -3.93. The second-order valence-corrected chi connectivity index (χ2v) is 5.62. The zero-order chi connectivity index (χ0) is 20.1. The van der Waals surface area contributed by atoms with Crippen LogP contribution in [0.4, 0.5) is 30.2 Å². The third-order valence-electron chi connectivity index (χ3n) is 3.68. The maximum Gasteiger partial charge on any atom is 0.416 e. The highest BCUT2D eigenvalue weighted by Crippen LogP contribution is 2.35. The summed E-state index contributed by atoms with van der Waals surface area (Å²) in [5.74, 6) is -0.699. The molecule has 6 nitrogen and oxygen atoms in total. The third-order valence-corrected chi connectivity index (χ3v) is 3.68. The number of aromatic nitrogens is 2. The summed E-state index contributed by atoms with van der Waals surface area (Å²) >= 11 is 0. The van der Waals surface area contributed by atoms with E-state index in [2.05, 4.69) is 20.6 Å². The Morgan fingerprint density at radius 1 is 1.04 bits per heavy atom. The molecule has 1 heterocycles. The third kappa shape index (κ3) is 4.42. The van der Waals surface area contributed by atoms with Crippen LogP contribution in [-0.4, -0.2) is 15.9 Å². The number of amides is 1. The van der Waals surface area contributed by atoms with Crippen molar-refractivity contribution < 1.29 is 18.0 Å². The molecule has 3 aromatic rings. The average Bonchev–Trinajstić information content (AvgIpc) is 2.69. The van der Waals surface area contributed by atoms with E-state index >= 15 is 0 Å². The predicted octanol–water partition coefficient (Wildman–Crippen LogP) is 4.36. The second kappa shape index (κ2) is 7.75. The van der Waals surface area contributed by atoms with Crippen LogP contribution in [0.15, 0.2) is 61.1 Å². The van der Waals surface area contributed by atoms with Crippen molar-refractivity contribution in [3.05, 3.63) is 77.9 Å². The summed E-state index contributed by atoms with van der Waals surface area (Å²) in [5, 5.41) is 14.2. The summed E-state index contributed by atoms with van der Waals surface area (Å²) in [6.45, 7) is 0. The Morgan fingerprint density at radius 2 is 1.79 bits per heavy atom. The number of halogens is 3. The molecule has 0 aliphatic carbocycles. The predicted molar refractivity (Wildman–Crippen MR) is 95.9 cm³/mol. The molecule has 0 unspecified atom stereocenters. The van der Waals surface area contributed by atoms with E-state index in [1.54, 1.807) is 24.3 Å². The lowest BCUT2D eigenvalue weighted by atomic mass is 10.1. The van der Waals surface area contributed by atoms with Gasteiger partial charge < -0.3 is 10.6 Å². The molecular formula is C19H12F3N5O. The lowest BCUT2D eigenvalue weighted by Crippen LogP contribution is -2.16. The Morgan fingerprint density at radius 3 is 2.39 bits per heavy atom. The van der Waals surface area contributed by atoms with Gasteiger partial charge in [0, 0.05) is 18.1 Å². The highest BCUT2D eigenvalue weighted by molar-refractivity contribution is 6.04. The van der Waals surface area contributed by atoms with Gasteiger partial charge in [-0.25, -0.2) is 4.98 Å². The summed E-state index contributed by atoms with van der Waals surface area (Å²) in [6, 6.07) is 11.3. The van der Waals surface area contributed by atoms with E-state index in [-0.39, 0.29) is 17.1 Å². The number of alkyl halides is 3. The van der Waals surface area contributed by atoms with Gasteiger partial charge in [-0.1, -0.05) is 0 Å². The molecule has 0 spiro atoms. The summed E-state index contributed by atoms with van der Waals surface area (Å²) in [6.07, 6.45) is -0.689. The van der Waals surface area contributed by atoms with Gasteiger partial charge in [-0.2, -0.15) is 18.4 Å². The summed E-state index contributed by atoms with van der Waals surface area (Å²) in [7, 11) is 0. The first kappa shape index (κ1) is 18.8. The monoisotopic (exact) mass is 383 g/mol. The number of nitrogens with one attached hydrogen (secondary N) is 2. The van der Waals surface area contributed by atoms with Crippen LogP contribution in [0.1, 0.15) is 21.6 Å². The van der Waals surface area contributed by atoms with Crippen molar-refractivity contribution in [1.29, 1.82) is 5.26 Å². The molecule has 1 aromatic heterocycles. The number of nitrogens with zero attached hydrogens (tertiary/aromatic N) is 3. The van der Waals surface area contributed by atoms with Gasteiger partial charge in [0.25, 0.3) is 5.91 Å². The first-order valence-electron chi connectivity index (χ1n) is 7.92. The van der Waals surface area contributed by atoms with Gasteiger partial charge in [0.05, 0.1) is 34.8 Å². The fraction of sp³-hybridized carbons (Fsp3) is 0.0526. The fourth-order valence-electron chi connectivity index (χ4n) is 2.32. The number of hydrogen-bond acceptors (Lipinski definition) is 5. The second-order valence-electron chi connectivity index (χ2n) is 5.62. The largest absolute Gasteiger partial charge is 0.416 e. The Labute approximate surface area is 157 Å². The lowest BCUT2D eigenvalue weighted by Gasteiger charge is -2.16. The van der Waals surface area contributed by atoms with E-state index in [1.807, 2.05) is 6.07 Å². The molecule has 9 heteroatoms. The van der Waals surface area contributed by atoms with Gasteiger partial charge in [0.15, 0.2) is 0 Å². The van der Waals surface area contributed by atoms with Gasteiger partial charge in [0.2, 0.25) is 0 Å². The molecule has 0 fully saturated rings. The lowest BCUT2D eigenvalue weighted by molar-refractivity contribution is -0.137. The van der Waals surface area contributed by atoms with E-state index in [0.29, 0.717) is 11.3 Å². The molecule has 2 aromatic carbocycles. The number of carbonyl (C=O) groups is 1. The molecule has 2 N–H and O–H groups in total. The number of benzene rings is 2. The van der Waals surface area contributed by atoms with Crippen molar-refractivity contribution in [2.45, 2.75) is 6.18 Å². The van der Waals surface area contributed by atoms with Gasteiger partial charge in [-0.3, -0.25) is 9.78 Å². The first-order chi connectivity index (χ1) is 13.4. The van der Waals surface area contributed by atoms with Crippen molar-refractivity contribution in [3.63, 3.8) is 0 Å². The molecule has 0 saturated heterocycles. The minimum atomic E-state index is -4.57. The maximum absolute atomic E-state index is 13.1. The van der Waals surface area contributed by atoms with Gasteiger partial charge >= 0.3 is 6.18 Å². The van der Waals surface area contributed by atoms with Gasteiger partial charge in [-0.05, 0) is 42.5 Å². The van der Waals surface area contributed by atoms with Crippen LogP contribution in [0.25, 0.3) is 0 Å². The molecule has 3 rings (SSSR count). The highest BCUT2D eigenvalue weighted by atomic mass is 19.4. The Balaban J connectivity index is 1.94. The van der Waals surface area contributed by atoms with Crippen molar-refractivity contribution >= 4 is 23.0 Å². The number of nitriles is 1. The molecule has 0 atom stereocenters. The molecule has 0 bridgehead atoms.